The number of piperazine rings is 1. The molecule has 0 N–H and O–H groups in total. The zero-order chi connectivity index (χ0) is 18.3. The van der Waals surface area contributed by atoms with Gasteiger partial charge in [-0.15, -0.1) is 0 Å². The van der Waals surface area contributed by atoms with Crippen molar-refractivity contribution in [1.29, 1.82) is 0 Å². The van der Waals surface area contributed by atoms with Crippen LogP contribution < -0.4 is 4.90 Å². The fourth-order valence-electron chi connectivity index (χ4n) is 3.01. The minimum absolute atomic E-state index is 0.0397. The summed E-state index contributed by atoms with van der Waals surface area (Å²) in [5.74, 6) is 0.0397. The summed E-state index contributed by atoms with van der Waals surface area (Å²) in [6, 6.07) is 10.2. The monoisotopic (exact) mass is 367 g/mol. The molecule has 1 fully saturated rings. The molecule has 0 spiro atoms. The number of nitrogens with zero attached hydrogens (tertiary/aromatic N) is 3. The number of unbranched alkanes of at least 4 members (excludes halogenated alkanes) is 1. The third-order valence-corrected chi connectivity index (χ3v) is 5.86. The quantitative estimate of drug-likeness (QED) is 0.703. The number of para-hydroxylation sites is 1. The lowest BCUT2D eigenvalue weighted by Gasteiger charge is -2.36. The van der Waals surface area contributed by atoms with Crippen LogP contribution in [0.4, 0.5) is 5.69 Å². The lowest BCUT2D eigenvalue weighted by molar-refractivity contribution is -0.131. The average Bonchev–Trinajstić information content (AvgIpc) is 2.61. The molecule has 1 aliphatic rings. The maximum Gasteiger partial charge on any atom is 0.224 e. The molecule has 0 saturated carbocycles. The van der Waals surface area contributed by atoms with Gasteiger partial charge >= 0.3 is 0 Å². The van der Waals surface area contributed by atoms with Gasteiger partial charge in [0.25, 0.3) is 0 Å². The fraction of sp³-hybridized carbons (Fsp3) is 0.611. The molecule has 0 atom stereocenters. The van der Waals surface area contributed by atoms with Gasteiger partial charge in [0.2, 0.25) is 15.9 Å². The van der Waals surface area contributed by atoms with Gasteiger partial charge in [0.15, 0.2) is 0 Å². The van der Waals surface area contributed by atoms with E-state index in [9.17, 15) is 13.2 Å². The smallest absolute Gasteiger partial charge is 0.224 e. The lowest BCUT2D eigenvalue weighted by Crippen LogP contribution is -2.49. The SMILES string of the molecule is CCCCN(CCC(=O)N1CCN(c2ccccc2)CC1)S(C)(=O)=O. The summed E-state index contributed by atoms with van der Waals surface area (Å²) in [5.41, 5.74) is 1.18. The molecule has 140 valence electrons. The highest BCUT2D eigenvalue weighted by atomic mass is 32.2. The Morgan fingerprint density at radius 1 is 1.08 bits per heavy atom. The van der Waals surface area contributed by atoms with Gasteiger partial charge in [-0.3, -0.25) is 4.79 Å². The molecule has 2 rings (SSSR count). The van der Waals surface area contributed by atoms with Crippen LogP contribution in [0.5, 0.6) is 0 Å². The van der Waals surface area contributed by atoms with Crippen molar-refractivity contribution in [3.63, 3.8) is 0 Å². The van der Waals surface area contributed by atoms with E-state index in [4.69, 9.17) is 0 Å². The highest BCUT2D eigenvalue weighted by Gasteiger charge is 2.23. The van der Waals surface area contributed by atoms with Crippen LogP contribution in [0.3, 0.4) is 0 Å². The first kappa shape index (κ1) is 19.7. The molecule has 7 heteroatoms. The van der Waals surface area contributed by atoms with Crippen LogP contribution in [-0.2, 0) is 14.8 Å². The highest BCUT2D eigenvalue weighted by Crippen LogP contribution is 2.16. The van der Waals surface area contributed by atoms with Crippen molar-refractivity contribution < 1.29 is 13.2 Å². The molecule has 1 amide bonds. The summed E-state index contributed by atoms with van der Waals surface area (Å²) in [6.07, 6.45) is 3.21. The van der Waals surface area contributed by atoms with Crippen LogP contribution in [0.1, 0.15) is 26.2 Å². The Bertz CT molecular complexity index is 641. The highest BCUT2D eigenvalue weighted by molar-refractivity contribution is 7.88. The Morgan fingerprint density at radius 3 is 2.28 bits per heavy atom. The van der Waals surface area contributed by atoms with E-state index in [1.54, 1.807) is 0 Å². The zero-order valence-electron chi connectivity index (χ0n) is 15.2. The first-order valence-corrected chi connectivity index (χ1v) is 10.8. The second-order valence-electron chi connectivity index (χ2n) is 6.47. The molecule has 0 aliphatic carbocycles. The third kappa shape index (κ3) is 6.01. The summed E-state index contributed by atoms with van der Waals surface area (Å²) in [4.78, 5) is 16.6. The van der Waals surface area contributed by atoms with Gasteiger partial charge in [0.05, 0.1) is 6.26 Å². The first-order valence-electron chi connectivity index (χ1n) is 8.94. The number of sulfonamides is 1. The van der Waals surface area contributed by atoms with Crippen molar-refractivity contribution in [2.75, 3.05) is 50.4 Å². The summed E-state index contributed by atoms with van der Waals surface area (Å²) < 4.78 is 25.1. The number of hydrogen-bond acceptors (Lipinski definition) is 4. The van der Waals surface area contributed by atoms with Crippen molar-refractivity contribution in [1.82, 2.24) is 9.21 Å². The van der Waals surface area contributed by atoms with Crippen LogP contribution in [0.15, 0.2) is 30.3 Å². The minimum atomic E-state index is -3.25. The van der Waals surface area contributed by atoms with Gasteiger partial charge in [-0.25, -0.2) is 12.7 Å². The van der Waals surface area contributed by atoms with E-state index in [-0.39, 0.29) is 18.9 Å². The molecule has 1 aromatic rings. The van der Waals surface area contributed by atoms with E-state index in [0.717, 1.165) is 25.9 Å². The predicted molar refractivity (Wildman–Crippen MR) is 101 cm³/mol. The Morgan fingerprint density at radius 2 is 1.72 bits per heavy atom. The van der Waals surface area contributed by atoms with Crippen LogP contribution in [0, 0.1) is 0 Å². The molecule has 1 aliphatic heterocycles. The maximum absolute atomic E-state index is 12.4. The van der Waals surface area contributed by atoms with Crippen molar-refractivity contribution in [3.05, 3.63) is 30.3 Å². The van der Waals surface area contributed by atoms with Crippen molar-refractivity contribution in [3.8, 4) is 0 Å². The second-order valence-corrected chi connectivity index (χ2v) is 8.45. The Labute approximate surface area is 151 Å². The van der Waals surface area contributed by atoms with E-state index in [0.29, 0.717) is 19.6 Å². The summed E-state index contributed by atoms with van der Waals surface area (Å²) >= 11 is 0. The molecule has 0 aromatic heterocycles. The molecular formula is C18H29N3O3S. The molecule has 0 bridgehead atoms. The zero-order valence-corrected chi connectivity index (χ0v) is 16.0. The van der Waals surface area contributed by atoms with E-state index < -0.39 is 10.0 Å². The standard InChI is InChI=1S/C18H29N3O3S/c1-3-4-11-21(25(2,23)24)12-10-18(22)20-15-13-19(14-16-20)17-8-6-5-7-9-17/h5-9H,3-4,10-16H2,1-2H3. The van der Waals surface area contributed by atoms with Gasteiger partial charge in [0, 0.05) is 51.4 Å². The van der Waals surface area contributed by atoms with Gasteiger partial charge < -0.3 is 9.80 Å². The molecule has 0 radical (unpaired) electrons. The summed E-state index contributed by atoms with van der Waals surface area (Å²) in [7, 11) is -3.25. The second kappa shape index (κ2) is 9.20. The van der Waals surface area contributed by atoms with Crippen LogP contribution in [-0.4, -0.2) is 69.1 Å². The van der Waals surface area contributed by atoms with Gasteiger partial charge in [-0.05, 0) is 18.6 Å². The minimum Gasteiger partial charge on any atom is -0.368 e. The first-order chi connectivity index (χ1) is 11.9. The average molecular weight is 368 g/mol. The van der Waals surface area contributed by atoms with Gasteiger partial charge in [0.1, 0.15) is 0 Å². The van der Waals surface area contributed by atoms with E-state index in [2.05, 4.69) is 17.0 Å². The van der Waals surface area contributed by atoms with Crippen molar-refractivity contribution in [2.24, 2.45) is 0 Å². The number of anilines is 1. The number of carbonyl (C=O) groups is 1. The number of carbonyl (C=O) groups excluding carboxylic acids is 1. The maximum atomic E-state index is 12.4. The number of rotatable bonds is 8. The third-order valence-electron chi connectivity index (χ3n) is 4.56. The largest absolute Gasteiger partial charge is 0.368 e. The van der Waals surface area contributed by atoms with Crippen molar-refractivity contribution >= 4 is 21.6 Å². The Balaban J connectivity index is 1.82. The van der Waals surface area contributed by atoms with Crippen LogP contribution >= 0.6 is 0 Å². The predicted octanol–water partition coefficient (Wildman–Crippen LogP) is 1.79. The van der Waals surface area contributed by atoms with Gasteiger partial charge in [-0.1, -0.05) is 31.5 Å². The number of hydrogen-bond donors (Lipinski definition) is 0. The normalized spacial score (nSPS) is 15.6. The molecule has 1 heterocycles. The topological polar surface area (TPSA) is 60.9 Å². The molecular weight excluding hydrogens is 338 g/mol. The molecule has 1 aromatic carbocycles. The summed E-state index contributed by atoms with van der Waals surface area (Å²) in [6.45, 7) is 5.77. The molecule has 25 heavy (non-hydrogen) atoms. The molecule has 6 nitrogen and oxygen atoms in total. The lowest BCUT2D eigenvalue weighted by atomic mass is 10.2. The molecule has 1 saturated heterocycles. The summed E-state index contributed by atoms with van der Waals surface area (Å²) in [5, 5.41) is 0. The van der Waals surface area contributed by atoms with Crippen LogP contribution in [0.2, 0.25) is 0 Å². The Kier molecular flexibility index (Phi) is 7.25. The van der Waals surface area contributed by atoms with E-state index in [1.165, 1.54) is 16.2 Å². The number of amides is 1. The van der Waals surface area contributed by atoms with E-state index in [1.807, 2.05) is 30.0 Å². The molecule has 0 unspecified atom stereocenters. The van der Waals surface area contributed by atoms with Crippen molar-refractivity contribution in [2.45, 2.75) is 26.2 Å². The fourth-order valence-corrected chi connectivity index (χ4v) is 3.89. The van der Waals surface area contributed by atoms with Crippen LogP contribution in [0.25, 0.3) is 0 Å². The Hall–Kier alpha value is -1.60. The number of benzene rings is 1. The van der Waals surface area contributed by atoms with E-state index >= 15 is 0 Å². The van der Waals surface area contributed by atoms with Gasteiger partial charge in [-0.2, -0.15) is 0 Å².